The summed E-state index contributed by atoms with van der Waals surface area (Å²) in [5.41, 5.74) is 0. The molecule has 1 nitrogen and oxygen atoms in total. The van der Waals surface area contributed by atoms with E-state index in [1.807, 2.05) is 35.0 Å². The summed E-state index contributed by atoms with van der Waals surface area (Å²) in [6, 6.07) is 7.54. The SMILES string of the molecule is O=C(C#Cc1cccs1)C#Cc1cccs1. The van der Waals surface area contributed by atoms with Gasteiger partial charge in [-0.1, -0.05) is 12.1 Å². The second kappa shape index (κ2) is 5.32. The summed E-state index contributed by atoms with van der Waals surface area (Å²) in [5.74, 6) is 10.2. The molecule has 0 spiro atoms. The maximum absolute atomic E-state index is 11.3. The Balaban J connectivity index is 2.05. The van der Waals surface area contributed by atoms with Gasteiger partial charge in [0.1, 0.15) is 0 Å². The van der Waals surface area contributed by atoms with Crippen molar-refractivity contribution in [3.8, 4) is 23.7 Å². The fourth-order valence-electron chi connectivity index (χ4n) is 0.967. The molecule has 3 heteroatoms. The summed E-state index contributed by atoms with van der Waals surface area (Å²) in [6.07, 6.45) is 0. The molecule has 2 aromatic heterocycles. The highest BCUT2D eigenvalue weighted by Gasteiger charge is 1.90. The average Bonchev–Trinajstić information content (AvgIpc) is 2.96. The van der Waals surface area contributed by atoms with Crippen molar-refractivity contribution in [1.29, 1.82) is 0 Å². The lowest BCUT2D eigenvalue weighted by Crippen LogP contribution is -1.86. The van der Waals surface area contributed by atoms with Crippen molar-refractivity contribution in [2.45, 2.75) is 0 Å². The lowest BCUT2D eigenvalue weighted by atomic mass is 10.3. The zero-order valence-corrected chi connectivity index (χ0v) is 9.82. The molecule has 76 valence electrons. The molecule has 0 unspecified atom stereocenters. The van der Waals surface area contributed by atoms with E-state index >= 15 is 0 Å². The van der Waals surface area contributed by atoms with Crippen molar-refractivity contribution in [2.75, 3.05) is 0 Å². The van der Waals surface area contributed by atoms with Gasteiger partial charge < -0.3 is 0 Å². The number of ketones is 1. The zero-order chi connectivity index (χ0) is 11.2. The molecule has 0 aromatic carbocycles. The molecular weight excluding hydrogens is 236 g/mol. The van der Waals surface area contributed by atoms with Gasteiger partial charge in [0.2, 0.25) is 0 Å². The van der Waals surface area contributed by atoms with Crippen molar-refractivity contribution in [3.05, 3.63) is 44.8 Å². The van der Waals surface area contributed by atoms with Crippen LogP contribution in [0.1, 0.15) is 9.75 Å². The number of hydrogen-bond donors (Lipinski definition) is 0. The Kier molecular flexibility index (Phi) is 3.56. The standard InChI is InChI=1S/C13H6OS2/c14-11(5-7-12-3-1-9-15-12)6-8-13-4-2-10-16-13/h1-4,9-10H. The monoisotopic (exact) mass is 242 g/mol. The van der Waals surface area contributed by atoms with Gasteiger partial charge in [0.05, 0.1) is 9.75 Å². The van der Waals surface area contributed by atoms with E-state index in [4.69, 9.17) is 0 Å². The van der Waals surface area contributed by atoms with E-state index in [2.05, 4.69) is 23.7 Å². The number of Topliss-reactive ketones (excluding diaryl/α,β-unsaturated/α-hetero) is 1. The van der Waals surface area contributed by atoms with Crippen LogP contribution >= 0.6 is 22.7 Å². The molecule has 2 rings (SSSR count). The number of carbonyl (C=O) groups is 1. The number of thiophene rings is 2. The Morgan fingerprint density at radius 3 is 1.81 bits per heavy atom. The van der Waals surface area contributed by atoms with Crippen LogP contribution in [-0.4, -0.2) is 5.78 Å². The predicted octanol–water partition coefficient (Wildman–Crippen LogP) is 2.78. The Labute approximate surface area is 102 Å². The van der Waals surface area contributed by atoms with Gasteiger partial charge in [-0.2, -0.15) is 0 Å². The van der Waals surface area contributed by atoms with E-state index in [1.165, 1.54) is 22.7 Å². The van der Waals surface area contributed by atoms with Crippen molar-refractivity contribution in [1.82, 2.24) is 0 Å². The van der Waals surface area contributed by atoms with Crippen molar-refractivity contribution in [2.24, 2.45) is 0 Å². The van der Waals surface area contributed by atoms with E-state index in [0.29, 0.717) is 0 Å². The topological polar surface area (TPSA) is 17.1 Å². The number of carbonyl (C=O) groups excluding carboxylic acids is 1. The molecule has 0 atom stereocenters. The van der Waals surface area contributed by atoms with Crippen molar-refractivity contribution in [3.63, 3.8) is 0 Å². The van der Waals surface area contributed by atoms with Gasteiger partial charge in [-0.25, -0.2) is 0 Å². The molecule has 0 saturated carbocycles. The summed E-state index contributed by atoms with van der Waals surface area (Å²) in [4.78, 5) is 13.1. The Hall–Kier alpha value is -1.81. The van der Waals surface area contributed by atoms with Gasteiger partial charge in [0.25, 0.3) is 5.78 Å². The molecule has 0 aliphatic heterocycles. The molecule has 0 aliphatic rings. The van der Waals surface area contributed by atoms with Gasteiger partial charge in [0.15, 0.2) is 0 Å². The first-order valence-corrected chi connectivity index (χ1v) is 6.25. The van der Waals surface area contributed by atoms with Crippen LogP contribution < -0.4 is 0 Å². The fraction of sp³-hybridized carbons (Fsp3) is 0. The third-order valence-electron chi connectivity index (χ3n) is 1.64. The summed E-state index contributed by atoms with van der Waals surface area (Å²) in [7, 11) is 0. The van der Waals surface area contributed by atoms with Crippen LogP contribution in [0.25, 0.3) is 0 Å². The lowest BCUT2D eigenvalue weighted by molar-refractivity contribution is -0.108. The van der Waals surface area contributed by atoms with E-state index in [9.17, 15) is 4.79 Å². The van der Waals surface area contributed by atoms with Crippen molar-refractivity contribution >= 4 is 28.5 Å². The molecule has 0 N–H and O–H groups in total. The maximum Gasteiger partial charge on any atom is 0.279 e. The highest BCUT2D eigenvalue weighted by Crippen LogP contribution is 2.06. The first-order chi connectivity index (χ1) is 7.84. The quantitative estimate of drug-likeness (QED) is 0.649. The van der Waals surface area contributed by atoms with Crippen LogP contribution in [-0.2, 0) is 4.79 Å². The minimum atomic E-state index is -0.346. The van der Waals surface area contributed by atoms with Gasteiger partial charge in [-0.05, 0) is 46.6 Å². The van der Waals surface area contributed by atoms with Gasteiger partial charge in [-0.3, -0.25) is 4.79 Å². The highest BCUT2D eigenvalue weighted by molar-refractivity contribution is 7.10. The molecule has 2 aromatic rings. The Bertz CT molecular complexity index is 530. The molecule has 16 heavy (non-hydrogen) atoms. The smallest absolute Gasteiger partial charge is 0.270 e. The predicted molar refractivity (Wildman–Crippen MR) is 67.4 cm³/mol. The largest absolute Gasteiger partial charge is 0.279 e. The minimum absolute atomic E-state index is 0.346. The lowest BCUT2D eigenvalue weighted by Gasteiger charge is -1.76. The van der Waals surface area contributed by atoms with Gasteiger partial charge >= 0.3 is 0 Å². The van der Waals surface area contributed by atoms with Crippen LogP contribution in [0.15, 0.2) is 35.0 Å². The van der Waals surface area contributed by atoms with Gasteiger partial charge in [-0.15, -0.1) is 22.7 Å². The van der Waals surface area contributed by atoms with Crippen LogP contribution in [0.3, 0.4) is 0 Å². The number of hydrogen-bond acceptors (Lipinski definition) is 3. The molecule has 2 heterocycles. The van der Waals surface area contributed by atoms with E-state index < -0.39 is 0 Å². The summed E-state index contributed by atoms with van der Waals surface area (Å²) >= 11 is 3.02. The van der Waals surface area contributed by atoms with E-state index in [1.54, 1.807) is 0 Å². The van der Waals surface area contributed by atoms with E-state index in [0.717, 1.165) is 9.75 Å². The van der Waals surface area contributed by atoms with Gasteiger partial charge in [0, 0.05) is 0 Å². The summed E-state index contributed by atoms with van der Waals surface area (Å²) < 4.78 is 0. The van der Waals surface area contributed by atoms with Crippen LogP contribution in [0, 0.1) is 23.7 Å². The molecular formula is C13H6OS2. The fourth-order valence-corrected chi connectivity index (χ4v) is 2.11. The highest BCUT2D eigenvalue weighted by atomic mass is 32.1. The normalized spacial score (nSPS) is 8.50. The first-order valence-electron chi connectivity index (χ1n) is 4.49. The molecule has 0 bridgehead atoms. The zero-order valence-electron chi connectivity index (χ0n) is 8.19. The molecule has 0 amide bonds. The van der Waals surface area contributed by atoms with Crippen molar-refractivity contribution < 1.29 is 4.79 Å². The van der Waals surface area contributed by atoms with Crippen LogP contribution in [0.2, 0.25) is 0 Å². The molecule has 0 fully saturated rings. The average molecular weight is 242 g/mol. The molecule has 0 aliphatic carbocycles. The third-order valence-corrected chi connectivity index (χ3v) is 3.21. The summed E-state index contributed by atoms with van der Waals surface area (Å²) in [5, 5.41) is 3.84. The van der Waals surface area contributed by atoms with Crippen LogP contribution in [0.4, 0.5) is 0 Å². The van der Waals surface area contributed by atoms with Crippen LogP contribution in [0.5, 0.6) is 0 Å². The molecule has 0 radical (unpaired) electrons. The second-order valence-corrected chi connectivity index (χ2v) is 4.68. The number of rotatable bonds is 0. The Morgan fingerprint density at radius 2 is 1.44 bits per heavy atom. The third kappa shape index (κ3) is 3.10. The Morgan fingerprint density at radius 1 is 0.938 bits per heavy atom. The summed E-state index contributed by atoms with van der Waals surface area (Å²) in [6.45, 7) is 0. The second-order valence-electron chi connectivity index (χ2n) is 2.78. The molecule has 0 saturated heterocycles. The maximum atomic E-state index is 11.3. The van der Waals surface area contributed by atoms with E-state index in [-0.39, 0.29) is 5.78 Å². The minimum Gasteiger partial charge on any atom is -0.270 e. The first kappa shape index (κ1) is 10.7.